The molecule has 5 rings (SSSR count). The van der Waals surface area contributed by atoms with E-state index in [9.17, 15) is 9.59 Å². The minimum atomic E-state index is -0.532. The van der Waals surface area contributed by atoms with Crippen molar-refractivity contribution in [2.45, 2.75) is 25.8 Å². The van der Waals surface area contributed by atoms with Crippen molar-refractivity contribution in [1.82, 2.24) is 15.1 Å². The summed E-state index contributed by atoms with van der Waals surface area (Å²) in [6.07, 6.45) is 1.84. The summed E-state index contributed by atoms with van der Waals surface area (Å²) < 4.78 is 6.74. The molecule has 0 saturated heterocycles. The van der Waals surface area contributed by atoms with Gasteiger partial charge in [-0.25, -0.2) is 9.48 Å². The van der Waals surface area contributed by atoms with Crippen LogP contribution in [0, 0.1) is 0 Å². The van der Waals surface area contributed by atoms with Crippen molar-refractivity contribution >= 4 is 35.1 Å². The molecular formula is C28H23Cl2N3O3. The lowest BCUT2D eigenvalue weighted by atomic mass is 10.1. The molecule has 0 radical (unpaired) electrons. The predicted molar refractivity (Wildman–Crippen MR) is 140 cm³/mol. The standard InChI is InChI=1S/C28H23Cl2N3O3/c1-2-36-28(35)25-16-26(22-13-10-19(29)15-23(22)30)33(32-25)20-11-7-18(8-12-20)27(34)31-24-14-9-17-5-3-4-6-21(17)24/h3-8,10-13,15-16,24H,2,9,14H2,1H3,(H,31,34). The van der Waals surface area contributed by atoms with Crippen molar-refractivity contribution in [3.63, 3.8) is 0 Å². The molecule has 36 heavy (non-hydrogen) atoms. The number of hydrogen-bond donors (Lipinski definition) is 1. The number of rotatable bonds is 6. The Balaban J connectivity index is 1.44. The van der Waals surface area contributed by atoms with Crippen molar-refractivity contribution in [3.8, 4) is 16.9 Å². The van der Waals surface area contributed by atoms with E-state index in [4.69, 9.17) is 27.9 Å². The number of aromatic nitrogens is 2. The summed E-state index contributed by atoms with van der Waals surface area (Å²) in [6.45, 7) is 1.97. The largest absolute Gasteiger partial charge is 0.461 e. The zero-order chi connectivity index (χ0) is 25.2. The third-order valence-electron chi connectivity index (χ3n) is 6.21. The first-order chi connectivity index (χ1) is 17.4. The quantitative estimate of drug-likeness (QED) is 0.297. The number of nitrogens with zero attached hydrogens (tertiary/aromatic N) is 2. The van der Waals surface area contributed by atoms with E-state index in [0.717, 1.165) is 12.8 Å². The molecule has 0 fully saturated rings. The van der Waals surface area contributed by atoms with Gasteiger partial charge < -0.3 is 10.1 Å². The van der Waals surface area contributed by atoms with Gasteiger partial charge in [0.2, 0.25) is 0 Å². The Kier molecular flexibility index (Phi) is 6.81. The molecule has 0 spiro atoms. The first kappa shape index (κ1) is 24.1. The first-order valence-corrected chi connectivity index (χ1v) is 12.4. The highest BCUT2D eigenvalue weighted by atomic mass is 35.5. The van der Waals surface area contributed by atoms with Crippen LogP contribution in [0.3, 0.4) is 0 Å². The van der Waals surface area contributed by atoms with Crippen molar-refractivity contribution in [2.24, 2.45) is 0 Å². The fourth-order valence-electron chi connectivity index (χ4n) is 4.47. The van der Waals surface area contributed by atoms with Crippen LogP contribution in [0.2, 0.25) is 10.0 Å². The predicted octanol–water partition coefficient (Wildman–Crippen LogP) is 6.44. The fraction of sp³-hybridized carbons (Fsp3) is 0.179. The second-order valence-corrected chi connectivity index (χ2v) is 9.33. The monoisotopic (exact) mass is 519 g/mol. The number of aryl methyl sites for hydroxylation is 1. The van der Waals surface area contributed by atoms with Gasteiger partial charge in [0, 0.05) is 16.1 Å². The topological polar surface area (TPSA) is 73.2 Å². The number of amides is 1. The molecule has 1 heterocycles. The van der Waals surface area contributed by atoms with Crippen LogP contribution in [0.1, 0.15) is 51.4 Å². The highest BCUT2D eigenvalue weighted by molar-refractivity contribution is 6.36. The maximum Gasteiger partial charge on any atom is 0.358 e. The maximum atomic E-state index is 13.0. The first-order valence-electron chi connectivity index (χ1n) is 11.7. The molecule has 1 aromatic heterocycles. The zero-order valence-corrected chi connectivity index (χ0v) is 21.0. The number of ether oxygens (including phenoxy) is 1. The lowest BCUT2D eigenvalue weighted by Gasteiger charge is -2.15. The lowest BCUT2D eigenvalue weighted by molar-refractivity contribution is 0.0518. The van der Waals surface area contributed by atoms with E-state index in [1.165, 1.54) is 11.1 Å². The number of nitrogens with one attached hydrogen (secondary N) is 1. The summed E-state index contributed by atoms with van der Waals surface area (Å²) >= 11 is 12.5. The van der Waals surface area contributed by atoms with E-state index in [0.29, 0.717) is 32.6 Å². The van der Waals surface area contributed by atoms with E-state index >= 15 is 0 Å². The number of halogens is 2. The number of carbonyl (C=O) groups is 2. The average Bonchev–Trinajstić information content (AvgIpc) is 3.49. The molecule has 0 aliphatic heterocycles. The number of fused-ring (bicyclic) bond motifs is 1. The van der Waals surface area contributed by atoms with Gasteiger partial charge in [0.1, 0.15) is 0 Å². The number of hydrogen-bond acceptors (Lipinski definition) is 4. The van der Waals surface area contributed by atoms with Crippen molar-refractivity contribution < 1.29 is 14.3 Å². The lowest BCUT2D eigenvalue weighted by Crippen LogP contribution is -2.27. The summed E-state index contributed by atoms with van der Waals surface area (Å²) in [7, 11) is 0. The number of carbonyl (C=O) groups excluding carboxylic acids is 2. The minimum Gasteiger partial charge on any atom is -0.461 e. The Morgan fingerprint density at radius 2 is 1.83 bits per heavy atom. The second kappa shape index (κ2) is 10.2. The van der Waals surface area contributed by atoms with E-state index in [1.54, 1.807) is 60.1 Å². The van der Waals surface area contributed by atoms with Crippen molar-refractivity contribution in [3.05, 3.63) is 105 Å². The molecule has 1 amide bonds. The number of benzene rings is 3. The van der Waals surface area contributed by atoms with Crippen LogP contribution in [0.25, 0.3) is 16.9 Å². The molecule has 0 saturated carbocycles. The molecule has 1 N–H and O–H groups in total. The molecule has 6 nitrogen and oxygen atoms in total. The Morgan fingerprint density at radius 3 is 2.58 bits per heavy atom. The summed E-state index contributed by atoms with van der Waals surface area (Å²) in [5, 5.41) is 8.54. The zero-order valence-electron chi connectivity index (χ0n) is 19.5. The van der Waals surface area contributed by atoms with Gasteiger partial charge in [-0.05, 0) is 79.4 Å². The SMILES string of the molecule is CCOC(=O)c1cc(-c2ccc(Cl)cc2Cl)n(-c2ccc(C(=O)NC3CCc4ccccc43)cc2)n1. The van der Waals surface area contributed by atoms with Gasteiger partial charge in [0.15, 0.2) is 5.69 Å². The van der Waals surface area contributed by atoms with Gasteiger partial charge in [-0.15, -0.1) is 0 Å². The normalized spacial score (nSPS) is 14.4. The summed E-state index contributed by atoms with van der Waals surface area (Å²) in [6, 6.07) is 22.0. The second-order valence-electron chi connectivity index (χ2n) is 8.48. The van der Waals surface area contributed by atoms with E-state index in [2.05, 4.69) is 22.5 Å². The smallest absolute Gasteiger partial charge is 0.358 e. The molecule has 1 unspecified atom stereocenters. The van der Waals surface area contributed by atoms with E-state index in [1.807, 2.05) is 12.1 Å². The van der Waals surface area contributed by atoms with Gasteiger partial charge in [-0.2, -0.15) is 5.10 Å². The van der Waals surface area contributed by atoms with E-state index in [-0.39, 0.29) is 24.2 Å². The summed E-state index contributed by atoms with van der Waals surface area (Å²) in [4.78, 5) is 25.4. The van der Waals surface area contributed by atoms with Crippen LogP contribution in [-0.2, 0) is 11.2 Å². The van der Waals surface area contributed by atoms with Crippen LogP contribution in [0.5, 0.6) is 0 Å². The Labute approximate surface area is 218 Å². The molecule has 182 valence electrons. The van der Waals surface area contributed by atoms with Crippen LogP contribution in [-0.4, -0.2) is 28.3 Å². The van der Waals surface area contributed by atoms with Crippen LogP contribution in [0.15, 0.2) is 72.8 Å². The molecule has 0 bridgehead atoms. The Bertz CT molecular complexity index is 1450. The van der Waals surface area contributed by atoms with Crippen LogP contribution < -0.4 is 5.32 Å². The molecule has 1 atom stereocenters. The Hall–Kier alpha value is -3.61. The highest BCUT2D eigenvalue weighted by Crippen LogP contribution is 2.33. The van der Waals surface area contributed by atoms with Gasteiger partial charge in [-0.1, -0.05) is 47.5 Å². The van der Waals surface area contributed by atoms with Gasteiger partial charge in [0.05, 0.1) is 29.1 Å². The van der Waals surface area contributed by atoms with Gasteiger partial charge in [-0.3, -0.25) is 4.79 Å². The molecule has 8 heteroatoms. The van der Waals surface area contributed by atoms with Gasteiger partial charge in [0.25, 0.3) is 5.91 Å². The van der Waals surface area contributed by atoms with Gasteiger partial charge >= 0.3 is 5.97 Å². The average molecular weight is 520 g/mol. The van der Waals surface area contributed by atoms with Crippen molar-refractivity contribution in [2.75, 3.05) is 6.61 Å². The van der Waals surface area contributed by atoms with Crippen molar-refractivity contribution in [1.29, 1.82) is 0 Å². The van der Waals surface area contributed by atoms with Crippen LogP contribution >= 0.6 is 23.2 Å². The third kappa shape index (κ3) is 4.74. The molecule has 1 aliphatic rings. The summed E-state index contributed by atoms with van der Waals surface area (Å²) in [5.41, 5.74) is 5.06. The molecule has 3 aromatic carbocycles. The van der Waals surface area contributed by atoms with E-state index < -0.39 is 5.97 Å². The maximum absolute atomic E-state index is 13.0. The van der Waals surface area contributed by atoms with Crippen LogP contribution in [0.4, 0.5) is 0 Å². The highest BCUT2D eigenvalue weighted by Gasteiger charge is 2.24. The number of esters is 1. The fourth-order valence-corrected chi connectivity index (χ4v) is 4.98. The minimum absolute atomic E-state index is 0.00489. The molecule has 1 aliphatic carbocycles. The third-order valence-corrected chi connectivity index (χ3v) is 6.76. The molecular weight excluding hydrogens is 497 g/mol. The molecule has 4 aromatic rings. The summed E-state index contributed by atoms with van der Waals surface area (Å²) in [5.74, 6) is -0.674. The Morgan fingerprint density at radius 1 is 1.06 bits per heavy atom.